The maximum atomic E-state index is 12.1. The Labute approximate surface area is 398 Å². The van der Waals surface area contributed by atoms with Crippen LogP contribution in [0.15, 0.2) is 24.3 Å². The minimum absolute atomic E-state index is 0. The minimum atomic E-state index is -1.93. The predicted molar refractivity (Wildman–Crippen MR) is 284 cm³/mol. The first-order valence-electron chi connectivity index (χ1n) is 24.9. The van der Waals surface area contributed by atoms with Gasteiger partial charge in [-0.25, -0.2) is 0 Å². The SMILES string of the molecule is C.CCCCC/C=C\C/C=C\CCCCCCCC(=O)NCCN(CCNC)CCNCCNC.CNCCNCCN(CCNC)CCNCCC(=O)OC[Si](C)(C)O[Si](C)(C)C. The lowest BCUT2D eigenvalue weighted by atomic mass is 10.1. The van der Waals surface area contributed by atoms with Crippen molar-refractivity contribution in [1.82, 2.24) is 52.3 Å². The van der Waals surface area contributed by atoms with E-state index >= 15 is 0 Å². The van der Waals surface area contributed by atoms with E-state index in [9.17, 15) is 9.59 Å². The molecule has 0 fully saturated rings. The Morgan fingerprint density at radius 2 is 0.969 bits per heavy atom. The highest BCUT2D eigenvalue weighted by Gasteiger charge is 2.31. The highest BCUT2D eigenvalue weighted by Crippen LogP contribution is 2.14. The Balaban J connectivity index is -0.00000116. The molecule has 0 aliphatic heterocycles. The fourth-order valence-electron chi connectivity index (χ4n) is 6.64. The number of carbonyl (C=O) groups is 2. The number of unbranched alkanes of at least 4 members (excludes halogenated alkanes) is 8. The lowest BCUT2D eigenvalue weighted by molar-refractivity contribution is -0.142. The van der Waals surface area contributed by atoms with Crippen molar-refractivity contribution in [3.63, 3.8) is 0 Å². The van der Waals surface area contributed by atoms with Gasteiger partial charge in [0.15, 0.2) is 8.32 Å². The zero-order chi connectivity index (χ0) is 47.1. The molecule has 16 heteroatoms. The maximum Gasteiger partial charge on any atom is 0.306 e. The topological polar surface area (TPSA) is 155 Å². The summed E-state index contributed by atoms with van der Waals surface area (Å²) in [6, 6.07) is 0. The number of hydrogen-bond donors (Lipinski definition) is 8. The standard InChI is InChI=1S/C28H57N5O.C19H47N5O3Si2.CH4/c1-4-5-6-7-8-9-10-11-12-13-14-15-16-17-18-19-28(34)32-24-27-33(25-22-30-3)26-23-31-21-20-29-2;1-20-10-11-23-14-17-24(15-12-21-2)16-13-22-9-8-19(25)26-18-29(6,7)27-28(3,4)5;/h8-9,11-12,29-31H,4-7,10,13-27H2,1-3H3,(H,32,34);20-23H,8-18H2,1-7H3;1H4/b9-8-,12-11-;;. The molecule has 0 saturated carbocycles. The fraction of sp³-hybridized carbons (Fsp3) is 0.875. The quantitative estimate of drug-likeness (QED) is 0.0172. The van der Waals surface area contributed by atoms with Crippen LogP contribution in [0.2, 0.25) is 32.7 Å². The van der Waals surface area contributed by atoms with Gasteiger partial charge in [0.25, 0.3) is 0 Å². The van der Waals surface area contributed by atoms with Crippen LogP contribution in [-0.2, 0) is 18.4 Å². The average molecular weight is 946 g/mol. The van der Waals surface area contributed by atoms with Crippen LogP contribution in [-0.4, -0.2) is 184 Å². The number of nitrogens with one attached hydrogen (secondary N) is 8. The molecule has 0 bridgehead atoms. The summed E-state index contributed by atoms with van der Waals surface area (Å²) in [5.74, 6) is 0.0596. The van der Waals surface area contributed by atoms with E-state index in [0.717, 1.165) is 124 Å². The molecule has 0 spiro atoms. The first-order chi connectivity index (χ1) is 30.3. The first-order valence-corrected chi connectivity index (χ1v) is 31.4. The smallest absolute Gasteiger partial charge is 0.306 e. The van der Waals surface area contributed by atoms with Crippen LogP contribution in [0.25, 0.3) is 0 Å². The van der Waals surface area contributed by atoms with Gasteiger partial charge < -0.3 is 51.4 Å². The number of allylic oxidation sites excluding steroid dienone is 4. The zero-order valence-electron chi connectivity index (χ0n) is 42.8. The lowest BCUT2D eigenvalue weighted by Crippen LogP contribution is -2.46. The van der Waals surface area contributed by atoms with E-state index in [-0.39, 0.29) is 19.3 Å². The molecule has 8 N–H and O–H groups in total. The van der Waals surface area contributed by atoms with E-state index in [1.165, 1.54) is 51.4 Å². The molecule has 0 aromatic carbocycles. The monoisotopic (exact) mass is 945 g/mol. The van der Waals surface area contributed by atoms with Crippen LogP contribution in [0, 0.1) is 0 Å². The molecule has 0 radical (unpaired) electrons. The summed E-state index contributed by atoms with van der Waals surface area (Å²) in [7, 11) is 4.37. The molecular weight excluding hydrogens is 837 g/mol. The third kappa shape index (κ3) is 53.1. The van der Waals surface area contributed by atoms with Crippen LogP contribution in [0.3, 0.4) is 0 Å². The third-order valence-corrected chi connectivity index (χ3v) is 15.5. The highest BCUT2D eigenvalue weighted by molar-refractivity contribution is 6.84. The molecule has 0 aliphatic carbocycles. The molecule has 0 saturated heterocycles. The van der Waals surface area contributed by atoms with Crippen LogP contribution >= 0.6 is 0 Å². The molecule has 382 valence electrons. The summed E-state index contributed by atoms with van der Waals surface area (Å²) in [5, 5.41) is 26.1. The van der Waals surface area contributed by atoms with Gasteiger partial charge in [-0.15, -0.1) is 0 Å². The Kier molecular flexibility index (Phi) is 51.5. The van der Waals surface area contributed by atoms with Crippen molar-refractivity contribution in [3.8, 4) is 0 Å². The number of esters is 1. The minimum Gasteiger partial charge on any atom is -0.466 e. The fourth-order valence-corrected chi connectivity index (χ4v) is 14.0. The second kappa shape index (κ2) is 49.4. The zero-order valence-corrected chi connectivity index (χ0v) is 44.8. The molecule has 1 amide bonds. The maximum absolute atomic E-state index is 12.1. The Hall–Kier alpha value is -1.55. The van der Waals surface area contributed by atoms with Gasteiger partial charge in [0.05, 0.1) is 6.42 Å². The van der Waals surface area contributed by atoms with Gasteiger partial charge in [-0.1, -0.05) is 70.8 Å². The Bertz CT molecular complexity index is 1070. The summed E-state index contributed by atoms with van der Waals surface area (Å²) in [4.78, 5) is 29.0. The summed E-state index contributed by atoms with van der Waals surface area (Å²) >= 11 is 0. The molecule has 0 atom stereocenters. The van der Waals surface area contributed by atoms with E-state index in [1.54, 1.807) is 0 Å². The Morgan fingerprint density at radius 3 is 1.47 bits per heavy atom. The van der Waals surface area contributed by atoms with Crippen LogP contribution in [0.4, 0.5) is 0 Å². The van der Waals surface area contributed by atoms with Gasteiger partial charge in [-0.3, -0.25) is 19.4 Å². The highest BCUT2D eigenvalue weighted by atomic mass is 28.4. The van der Waals surface area contributed by atoms with Crippen molar-refractivity contribution >= 4 is 28.5 Å². The van der Waals surface area contributed by atoms with Crippen molar-refractivity contribution in [2.75, 3.05) is 146 Å². The number of likely N-dealkylation sites (N-methyl/N-ethyl adjacent to an activating group) is 4. The summed E-state index contributed by atoms with van der Waals surface area (Å²) in [6.45, 7) is 29.0. The number of carbonyl (C=O) groups excluding carboxylic acids is 2. The third-order valence-electron chi connectivity index (χ3n) is 10.0. The van der Waals surface area contributed by atoms with E-state index in [2.05, 4.69) is 116 Å². The summed E-state index contributed by atoms with van der Waals surface area (Å²) < 4.78 is 11.7. The molecule has 0 unspecified atom stereocenters. The van der Waals surface area contributed by atoms with E-state index in [1.807, 2.05) is 28.2 Å². The Morgan fingerprint density at radius 1 is 0.516 bits per heavy atom. The second-order valence-electron chi connectivity index (χ2n) is 18.1. The van der Waals surface area contributed by atoms with Gasteiger partial charge in [0.2, 0.25) is 14.2 Å². The second-order valence-corrected chi connectivity index (χ2v) is 26.9. The average Bonchev–Trinajstić information content (AvgIpc) is 3.23. The van der Waals surface area contributed by atoms with Gasteiger partial charge in [-0.05, 0) is 99.5 Å². The predicted octanol–water partition coefficient (Wildman–Crippen LogP) is 5.32. The van der Waals surface area contributed by atoms with Crippen LogP contribution in [0.1, 0.15) is 97.8 Å². The van der Waals surface area contributed by atoms with E-state index in [0.29, 0.717) is 25.6 Å². The van der Waals surface area contributed by atoms with Crippen molar-refractivity contribution in [2.45, 2.75) is 131 Å². The van der Waals surface area contributed by atoms with Crippen LogP contribution < -0.4 is 42.5 Å². The molecule has 0 aromatic heterocycles. The molecule has 0 heterocycles. The van der Waals surface area contributed by atoms with Crippen molar-refractivity contribution in [2.24, 2.45) is 0 Å². The number of amides is 1. The van der Waals surface area contributed by atoms with Crippen molar-refractivity contribution < 1.29 is 18.4 Å². The largest absolute Gasteiger partial charge is 0.466 e. The molecular formula is C48H108N10O4Si2. The molecule has 0 aliphatic rings. The number of rotatable bonds is 45. The normalized spacial score (nSPS) is 12.0. The van der Waals surface area contributed by atoms with Gasteiger partial charge in [0.1, 0.15) is 6.23 Å². The molecule has 0 rings (SSSR count). The summed E-state index contributed by atoms with van der Waals surface area (Å²) in [5.41, 5.74) is 0. The number of ether oxygens (including phenoxy) is 1. The molecule has 64 heavy (non-hydrogen) atoms. The van der Waals surface area contributed by atoms with E-state index in [4.69, 9.17) is 8.85 Å². The summed E-state index contributed by atoms with van der Waals surface area (Å²) in [6.07, 6.45) is 24.1. The van der Waals surface area contributed by atoms with Gasteiger partial charge in [-0.2, -0.15) is 0 Å². The van der Waals surface area contributed by atoms with Gasteiger partial charge >= 0.3 is 5.97 Å². The van der Waals surface area contributed by atoms with Crippen LogP contribution in [0.5, 0.6) is 0 Å². The molecule has 14 nitrogen and oxygen atoms in total. The van der Waals surface area contributed by atoms with Crippen molar-refractivity contribution in [1.29, 1.82) is 0 Å². The molecule has 0 aromatic rings. The number of hydrogen-bond acceptors (Lipinski definition) is 13. The first kappa shape index (κ1) is 66.7. The number of nitrogens with zero attached hydrogens (tertiary/aromatic N) is 2. The van der Waals surface area contributed by atoms with E-state index < -0.39 is 16.6 Å². The van der Waals surface area contributed by atoms with Gasteiger partial charge in [0, 0.05) is 118 Å². The van der Waals surface area contributed by atoms with Crippen molar-refractivity contribution in [3.05, 3.63) is 24.3 Å². The lowest BCUT2D eigenvalue weighted by Gasteiger charge is -2.30.